The molecule has 0 aromatic rings. The smallest absolute Gasteiger partial charge is 0.202 e. The van der Waals surface area contributed by atoms with E-state index in [4.69, 9.17) is 11.0 Å². The lowest BCUT2D eigenvalue weighted by Crippen LogP contribution is -2.42. The minimum Gasteiger partial charge on any atom is -0.369 e. The molecule has 2 heterocycles. The monoisotopic (exact) mass is 263 g/mol. The van der Waals surface area contributed by atoms with Gasteiger partial charge in [-0.1, -0.05) is 0 Å². The molecule has 3 fully saturated rings. The van der Waals surface area contributed by atoms with Crippen molar-refractivity contribution in [2.24, 2.45) is 22.6 Å². The number of nitriles is 1. The van der Waals surface area contributed by atoms with Crippen LogP contribution in [0.4, 0.5) is 0 Å². The summed E-state index contributed by atoms with van der Waals surface area (Å²) in [4.78, 5) is 6.95. The highest BCUT2D eigenvalue weighted by Gasteiger charge is 2.32. The van der Waals surface area contributed by atoms with E-state index in [-0.39, 0.29) is 11.5 Å². The second-order valence-electron chi connectivity index (χ2n) is 6.63. The maximum Gasteiger partial charge on any atom is 0.202 e. The van der Waals surface area contributed by atoms with Gasteiger partial charge in [0.25, 0.3) is 0 Å². The molecule has 1 saturated carbocycles. The molecular formula is C14H25N5. The Kier molecular flexibility index (Phi) is 4.31. The summed E-state index contributed by atoms with van der Waals surface area (Å²) < 4.78 is 0. The average molecular weight is 263 g/mol. The van der Waals surface area contributed by atoms with Crippen molar-refractivity contribution >= 4 is 5.96 Å². The minimum absolute atomic E-state index is 0.213. The number of guanidine groups is 1. The molecule has 0 radical (unpaired) electrons. The zero-order valence-electron chi connectivity index (χ0n) is 12.0. The highest BCUT2D eigenvalue weighted by molar-refractivity contribution is 5.79. The summed E-state index contributed by atoms with van der Waals surface area (Å²) in [7, 11) is 0. The fourth-order valence-corrected chi connectivity index (χ4v) is 3.52. The first kappa shape index (κ1) is 14.1. The molecule has 0 atom stereocenters. The molecule has 3 aliphatic rings. The van der Waals surface area contributed by atoms with E-state index in [1.54, 1.807) is 0 Å². The number of aliphatic imine (C=N–C) groups is 1. The fraction of sp³-hybridized carbons (Fsp3) is 0.857. The summed E-state index contributed by atoms with van der Waals surface area (Å²) in [6.07, 6.45) is 7.38. The maximum atomic E-state index is 8.54. The molecule has 0 aromatic carbocycles. The summed E-state index contributed by atoms with van der Waals surface area (Å²) >= 11 is 0. The molecule has 1 aliphatic carbocycles. The summed E-state index contributed by atoms with van der Waals surface area (Å²) in [6.45, 7) is 7.45. The van der Waals surface area contributed by atoms with Gasteiger partial charge in [-0.3, -0.25) is 5.32 Å². The van der Waals surface area contributed by atoms with E-state index in [0.717, 1.165) is 18.4 Å². The fourth-order valence-electron chi connectivity index (χ4n) is 3.52. The van der Waals surface area contributed by atoms with Crippen LogP contribution < -0.4 is 11.1 Å². The van der Waals surface area contributed by atoms with Crippen molar-refractivity contribution in [3.8, 4) is 6.19 Å². The summed E-state index contributed by atoms with van der Waals surface area (Å²) in [5.74, 6) is 1.95. The molecular weight excluding hydrogens is 238 g/mol. The van der Waals surface area contributed by atoms with Crippen molar-refractivity contribution in [2.45, 2.75) is 45.1 Å². The Hall–Kier alpha value is -1.28. The molecule has 0 spiro atoms. The van der Waals surface area contributed by atoms with Gasteiger partial charge in [0.05, 0.1) is 5.54 Å². The third-order valence-corrected chi connectivity index (χ3v) is 4.22. The second kappa shape index (κ2) is 5.79. The van der Waals surface area contributed by atoms with E-state index in [1.807, 2.05) is 6.19 Å². The Morgan fingerprint density at radius 3 is 2.32 bits per heavy atom. The molecule has 5 nitrogen and oxygen atoms in total. The Morgan fingerprint density at radius 2 is 1.84 bits per heavy atom. The highest BCUT2D eigenvalue weighted by atomic mass is 15.2. The third-order valence-electron chi connectivity index (χ3n) is 4.22. The lowest BCUT2D eigenvalue weighted by molar-refractivity contribution is 0.210. The van der Waals surface area contributed by atoms with Crippen LogP contribution >= 0.6 is 0 Å². The van der Waals surface area contributed by atoms with Crippen molar-refractivity contribution in [3.63, 3.8) is 0 Å². The van der Waals surface area contributed by atoms with Gasteiger partial charge >= 0.3 is 0 Å². The van der Waals surface area contributed by atoms with Crippen LogP contribution in [-0.2, 0) is 0 Å². The first-order valence-electron chi connectivity index (χ1n) is 7.21. The number of nitrogens with zero attached hydrogens (tertiary/aromatic N) is 3. The van der Waals surface area contributed by atoms with Crippen LogP contribution in [0.25, 0.3) is 0 Å². The van der Waals surface area contributed by atoms with E-state index in [0.29, 0.717) is 0 Å². The number of hydrogen-bond donors (Lipinski definition) is 2. The van der Waals surface area contributed by atoms with Crippen LogP contribution in [0.15, 0.2) is 4.99 Å². The van der Waals surface area contributed by atoms with Crippen LogP contribution in [0, 0.1) is 23.3 Å². The molecule has 106 valence electrons. The largest absolute Gasteiger partial charge is 0.369 e. The quantitative estimate of drug-likeness (QED) is 0.348. The van der Waals surface area contributed by atoms with Crippen molar-refractivity contribution in [3.05, 3.63) is 0 Å². The van der Waals surface area contributed by atoms with Gasteiger partial charge in [0.2, 0.25) is 5.96 Å². The van der Waals surface area contributed by atoms with Crippen LogP contribution in [0.5, 0.6) is 0 Å². The lowest BCUT2D eigenvalue weighted by atomic mass is 9.84. The van der Waals surface area contributed by atoms with Crippen molar-refractivity contribution in [2.75, 3.05) is 19.6 Å². The Labute approximate surface area is 115 Å². The number of rotatable bonds is 3. The topological polar surface area (TPSA) is 77.4 Å². The third kappa shape index (κ3) is 4.10. The van der Waals surface area contributed by atoms with Gasteiger partial charge in [0.15, 0.2) is 6.19 Å². The number of nitrogens with one attached hydrogen (secondary N) is 1. The first-order chi connectivity index (χ1) is 8.98. The molecule has 2 aliphatic heterocycles. The minimum atomic E-state index is -0.252. The lowest BCUT2D eigenvalue weighted by Gasteiger charge is -2.30. The maximum absolute atomic E-state index is 8.54. The molecule has 0 aromatic heterocycles. The molecule has 2 bridgehead atoms. The predicted molar refractivity (Wildman–Crippen MR) is 76.3 cm³/mol. The zero-order chi connectivity index (χ0) is 13.9. The SMILES string of the molecule is CC(C)(CN1CC2CCC(CC2)C1)N=C(N)NC#N. The Morgan fingerprint density at radius 1 is 1.32 bits per heavy atom. The zero-order valence-corrected chi connectivity index (χ0v) is 12.0. The average Bonchev–Trinajstić information content (AvgIpc) is 2.59. The van der Waals surface area contributed by atoms with Crippen molar-refractivity contribution < 1.29 is 0 Å². The van der Waals surface area contributed by atoms with Gasteiger partial charge < -0.3 is 10.6 Å². The first-order valence-corrected chi connectivity index (χ1v) is 7.21. The highest BCUT2D eigenvalue weighted by Crippen LogP contribution is 2.34. The van der Waals surface area contributed by atoms with E-state index >= 15 is 0 Å². The summed E-state index contributed by atoms with van der Waals surface area (Å²) in [5.41, 5.74) is 5.42. The van der Waals surface area contributed by atoms with E-state index in [2.05, 4.69) is 29.1 Å². The van der Waals surface area contributed by atoms with Gasteiger partial charge in [-0.2, -0.15) is 5.26 Å². The Bertz CT molecular complexity index is 360. The van der Waals surface area contributed by atoms with E-state index < -0.39 is 0 Å². The molecule has 2 saturated heterocycles. The van der Waals surface area contributed by atoms with Crippen LogP contribution in [0.3, 0.4) is 0 Å². The molecule has 0 unspecified atom stereocenters. The van der Waals surface area contributed by atoms with Crippen LogP contribution in [0.1, 0.15) is 39.5 Å². The molecule has 0 amide bonds. The van der Waals surface area contributed by atoms with Gasteiger partial charge in [0, 0.05) is 19.6 Å². The van der Waals surface area contributed by atoms with Gasteiger partial charge in [-0.25, -0.2) is 4.99 Å². The summed E-state index contributed by atoms with van der Waals surface area (Å²) in [5, 5.41) is 10.9. The predicted octanol–water partition coefficient (Wildman–Crippen LogP) is 1.27. The van der Waals surface area contributed by atoms with Crippen LogP contribution in [-0.4, -0.2) is 36.0 Å². The van der Waals surface area contributed by atoms with Gasteiger partial charge in [0.1, 0.15) is 0 Å². The number of nitrogens with two attached hydrogens (primary N) is 1. The normalized spacial score (nSPS) is 28.8. The van der Waals surface area contributed by atoms with E-state index in [1.165, 1.54) is 38.8 Å². The van der Waals surface area contributed by atoms with Gasteiger partial charge in [-0.15, -0.1) is 0 Å². The standard InChI is InChI=1S/C14H25N5/c1-14(2,18-13(16)17-10-15)9-19-7-11-3-4-12(8-19)6-5-11/h11-12H,3-9H2,1-2H3,(H3,16,17,18). The number of hydrogen-bond acceptors (Lipinski definition) is 3. The molecule has 5 heteroatoms. The van der Waals surface area contributed by atoms with E-state index in [9.17, 15) is 0 Å². The van der Waals surface area contributed by atoms with Crippen molar-refractivity contribution in [1.29, 1.82) is 5.26 Å². The summed E-state index contributed by atoms with van der Waals surface area (Å²) in [6, 6.07) is 0. The number of fused-ring (bicyclic) bond motifs is 4. The second-order valence-corrected chi connectivity index (χ2v) is 6.63. The molecule has 3 N–H and O–H groups in total. The molecule has 3 rings (SSSR count). The van der Waals surface area contributed by atoms with Crippen LogP contribution in [0.2, 0.25) is 0 Å². The van der Waals surface area contributed by atoms with Gasteiger partial charge in [-0.05, 0) is 51.4 Å². The van der Waals surface area contributed by atoms with Crippen molar-refractivity contribution in [1.82, 2.24) is 10.2 Å². The Balaban J connectivity index is 1.96. The molecule has 19 heavy (non-hydrogen) atoms.